The van der Waals surface area contributed by atoms with Crippen LogP contribution in [0.5, 0.6) is 0 Å². The summed E-state index contributed by atoms with van der Waals surface area (Å²) in [5.41, 5.74) is 10.4. The Bertz CT molecular complexity index is 689. The fourth-order valence-corrected chi connectivity index (χ4v) is 2.58. The Labute approximate surface area is 118 Å². The molecule has 0 aromatic heterocycles. The molecule has 1 aliphatic rings. The molecule has 0 bridgehead atoms. The molecule has 1 heterocycles. The Hall–Kier alpha value is -2.55. The van der Waals surface area contributed by atoms with Crippen LogP contribution in [0.3, 0.4) is 0 Å². The zero-order valence-electron chi connectivity index (χ0n) is 11.3. The molecule has 20 heavy (non-hydrogen) atoms. The number of benzene rings is 2. The zero-order chi connectivity index (χ0) is 14.1. The van der Waals surface area contributed by atoms with Gasteiger partial charge in [-0.05, 0) is 11.6 Å². The fraction of sp³-hybridized carbons (Fsp3) is 0.118. The van der Waals surface area contributed by atoms with Gasteiger partial charge in [0.25, 0.3) is 5.91 Å². The molecule has 3 nitrogen and oxygen atoms in total. The van der Waals surface area contributed by atoms with E-state index in [0.29, 0.717) is 17.7 Å². The Morgan fingerprint density at radius 2 is 1.70 bits per heavy atom. The van der Waals surface area contributed by atoms with Crippen LogP contribution in [0.2, 0.25) is 0 Å². The number of hydrogen-bond donors (Lipinski definition) is 1. The quantitative estimate of drug-likeness (QED) is 0.847. The molecule has 2 aromatic rings. The molecule has 0 fully saturated rings. The number of nitrogens with zero attached hydrogens (tertiary/aromatic N) is 1. The summed E-state index contributed by atoms with van der Waals surface area (Å²) in [7, 11) is 1.78. The van der Waals surface area contributed by atoms with Gasteiger partial charge in [0.1, 0.15) is 0 Å². The average molecular weight is 264 g/mol. The molecule has 0 aliphatic carbocycles. The van der Waals surface area contributed by atoms with E-state index in [0.717, 1.165) is 16.8 Å². The summed E-state index contributed by atoms with van der Waals surface area (Å²) in [5.74, 6) is -0.0281. The Morgan fingerprint density at radius 1 is 1.05 bits per heavy atom. The summed E-state index contributed by atoms with van der Waals surface area (Å²) < 4.78 is 0. The minimum absolute atomic E-state index is 0.0281. The monoisotopic (exact) mass is 264 g/mol. The van der Waals surface area contributed by atoms with Crippen molar-refractivity contribution in [2.75, 3.05) is 11.9 Å². The highest BCUT2D eigenvalue weighted by atomic mass is 16.2. The van der Waals surface area contributed by atoms with Crippen LogP contribution in [0.25, 0.3) is 5.57 Å². The average Bonchev–Trinajstić information content (AvgIpc) is 2.72. The second-order valence-electron chi connectivity index (χ2n) is 4.94. The lowest BCUT2D eigenvalue weighted by Gasteiger charge is -2.08. The molecule has 2 aromatic carbocycles. The van der Waals surface area contributed by atoms with Crippen molar-refractivity contribution in [2.45, 2.75) is 6.42 Å². The van der Waals surface area contributed by atoms with Gasteiger partial charge in [0.05, 0.1) is 11.3 Å². The van der Waals surface area contributed by atoms with Crippen LogP contribution in [0.1, 0.15) is 11.1 Å². The number of carbonyl (C=O) groups is 1. The maximum Gasteiger partial charge on any atom is 0.260 e. The SMILES string of the molecule is CN1C(=O)/C(=C(/N)Cc2ccccc2)c2ccccc21. The van der Waals surface area contributed by atoms with Crippen molar-refractivity contribution in [1.82, 2.24) is 0 Å². The first-order valence-electron chi connectivity index (χ1n) is 6.58. The van der Waals surface area contributed by atoms with Gasteiger partial charge < -0.3 is 10.6 Å². The van der Waals surface area contributed by atoms with Crippen molar-refractivity contribution in [3.05, 3.63) is 71.4 Å². The summed E-state index contributed by atoms with van der Waals surface area (Å²) in [6.07, 6.45) is 0.587. The molecule has 100 valence electrons. The lowest BCUT2D eigenvalue weighted by molar-refractivity contribution is -0.112. The van der Waals surface area contributed by atoms with Gasteiger partial charge in [0.2, 0.25) is 0 Å². The van der Waals surface area contributed by atoms with Crippen LogP contribution in [-0.2, 0) is 11.2 Å². The molecule has 1 amide bonds. The van der Waals surface area contributed by atoms with E-state index >= 15 is 0 Å². The maximum absolute atomic E-state index is 12.4. The topological polar surface area (TPSA) is 46.3 Å². The van der Waals surface area contributed by atoms with Crippen LogP contribution in [0, 0.1) is 0 Å². The molecule has 0 spiro atoms. The second kappa shape index (κ2) is 4.85. The first kappa shape index (κ1) is 12.5. The number of fused-ring (bicyclic) bond motifs is 1. The molecule has 3 rings (SSSR count). The number of para-hydroxylation sites is 1. The molecule has 3 heteroatoms. The number of allylic oxidation sites excluding steroid dienone is 1. The first-order valence-corrected chi connectivity index (χ1v) is 6.58. The third kappa shape index (κ3) is 1.97. The Morgan fingerprint density at radius 3 is 2.45 bits per heavy atom. The molecule has 0 radical (unpaired) electrons. The van der Waals surface area contributed by atoms with Crippen LogP contribution in [-0.4, -0.2) is 13.0 Å². The Balaban J connectivity index is 2.04. The van der Waals surface area contributed by atoms with Crippen LogP contribution in [0.4, 0.5) is 5.69 Å². The van der Waals surface area contributed by atoms with Crippen LogP contribution in [0.15, 0.2) is 60.3 Å². The van der Waals surface area contributed by atoms with Crippen molar-refractivity contribution >= 4 is 17.2 Å². The van der Waals surface area contributed by atoms with E-state index < -0.39 is 0 Å². The summed E-state index contributed by atoms with van der Waals surface area (Å²) in [6, 6.07) is 17.7. The van der Waals surface area contributed by atoms with Gasteiger partial charge in [-0.15, -0.1) is 0 Å². The highest BCUT2D eigenvalue weighted by Crippen LogP contribution is 2.36. The van der Waals surface area contributed by atoms with Crippen LogP contribution < -0.4 is 10.6 Å². The van der Waals surface area contributed by atoms with Gasteiger partial charge in [-0.1, -0.05) is 48.5 Å². The lowest BCUT2D eigenvalue weighted by Crippen LogP contribution is -2.22. The highest BCUT2D eigenvalue weighted by Gasteiger charge is 2.31. The van der Waals surface area contributed by atoms with Crippen LogP contribution >= 0.6 is 0 Å². The number of rotatable bonds is 2. The van der Waals surface area contributed by atoms with E-state index in [1.807, 2.05) is 54.6 Å². The van der Waals surface area contributed by atoms with E-state index in [-0.39, 0.29) is 5.91 Å². The van der Waals surface area contributed by atoms with Crippen molar-refractivity contribution in [1.29, 1.82) is 0 Å². The minimum atomic E-state index is -0.0281. The summed E-state index contributed by atoms with van der Waals surface area (Å²) >= 11 is 0. The maximum atomic E-state index is 12.4. The minimum Gasteiger partial charge on any atom is -0.401 e. The number of amides is 1. The van der Waals surface area contributed by atoms with E-state index in [2.05, 4.69) is 0 Å². The van der Waals surface area contributed by atoms with E-state index in [1.165, 1.54) is 0 Å². The summed E-state index contributed by atoms with van der Waals surface area (Å²) in [4.78, 5) is 14.0. The predicted molar refractivity (Wildman–Crippen MR) is 81.1 cm³/mol. The van der Waals surface area contributed by atoms with Gasteiger partial charge in [0, 0.05) is 24.7 Å². The number of hydrogen-bond acceptors (Lipinski definition) is 2. The Kier molecular flexibility index (Phi) is 3.03. The molecule has 0 atom stereocenters. The lowest BCUT2D eigenvalue weighted by atomic mass is 10.0. The third-order valence-electron chi connectivity index (χ3n) is 3.61. The number of anilines is 1. The van der Waals surface area contributed by atoms with Crippen molar-refractivity contribution < 1.29 is 4.79 Å². The second-order valence-corrected chi connectivity index (χ2v) is 4.94. The molecular formula is C17H16N2O. The van der Waals surface area contributed by atoms with E-state index in [9.17, 15) is 4.79 Å². The van der Waals surface area contributed by atoms with Crippen molar-refractivity contribution in [3.8, 4) is 0 Å². The standard InChI is InChI=1S/C17H16N2O/c1-19-15-10-6-5-9-13(15)16(17(19)20)14(18)11-12-7-3-2-4-8-12/h2-10H,11,18H2,1H3/b16-14+. The predicted octanol–water partition coefficient (Wildman–Crippen LogP) is 2.58. The molecular weight excluding hydrogens is 248 g/mol. The van der Waals surface area contributed by atoms with Gasteiger partial charge in [0.15, 0.2) is 0 Å². The third-order valence-corrected chi connectivity index (χ3v) is 3.61. The highest BCUT2D eigenvalue weighted by molar-refractivity contribution is 6.32. The smallest absolute Gasteiger partial charge is 0.260 e. The molecule has 0 saturated heterocycles. The summed E-state index contributed by atoms with van der Waals surface area (Å²) in [5, 5.41) is 0. The van der Waals surface area contributed by atoms with Gasteiger partial charge in [-0.3, -0.25) is 4.79 Å². The molecule has 0 saturated carbocycles. The van der Waals surface area contributed by atoms with E-state index in [1.54, 1.807) is 11.9 Å². The molecule has 1 aliphatic heterocycles. The largest absolute Gasteiger partial charge is 0.401 e. The molecule has 2 N–H and O–H groups in total. The van der Waals surface area contributed by atoms with E-state index in [4.69, 9.17) is 5.73 Å². The van der Waals surface area contributed by atoms with Crippen molar-refractivity contribution in [2.24, 2.45) is 5.73 Å². The van der Waals surface area contributed by atoms with Crippen molar-refractivity contribution in [3.63, 3.8) is 0 Å². The number of carbonyl (C=O) groups excluding carboxylic acids is 1. The summed E-state index contributed by atoms with van der Waals surface area (Å²) in [6.45, 7) is 0. The normalized spacial score (nSPS) is 16.2. The van der Waals surface area contributed by atoms with Gasteiger partial charge >= 0.3 is 0 Å². The zero-order valence-corrected chi connectivity index (χ0v) is 11.3. The van der Waals surface area contributed by atoms with Gasteiger partial charge in [-0.2, -0.15) is 0 Å². The first-order chi connectivity index (χ1) is 9.68. The van der Waals surface area contributed by atoms with Gasteiger partial charge in [-0.25, -0.2) is 0 Å². The number of likely N-dealkylation sites (N-methyl/N-ethyl adjacent to an activating group) is 1. The fourth-order valence-electron chi connectivity index (χ4n) is 2.58. The number of nitrogens with two attached hydrogens (primary N) is 1. The molecule has 0 unspecified atom stereocenters.